The second-order valence-electron chi connectivity index (χ2n) is 6.27. The zero-order valence-electron chi connectivity index (χ0n) is 15.1. The molecule has 0 bridgehead atoms. The molecule has 5 nitrogen and oxygen atoms in total. The van der Waals surface area contributed by atoms with Crippen molar-refractivity contribution < 1.29 is 17.6 Å². The average molecular weight is 398 g/mol. The molecule has 0 spiro atoms. The minimum Gasteiger partial charge on any atom is -0.322 e. The standard InChI is InChI=1S/C21H19FN2O3S/c1-15-7-9-17(10-8-15)24-21(25)19-13-18(11-12-20(19)22)28(26,27)23-14-16-5-3-2-4-6-16/h2-13,23H,14H2,1H3,(H,24,25). The van der Waals surface area contributed by atoms with Crippen molar-refractivity contribution in [1.29, 1.82) is 0 Å². The second-order valence-corrected chi connectivity index (χ2v) is 8.04. The van der Waals surface area contributed by atoms with Gasteiger partial charge in [-0.2, -0.15) is 0 Å². The molecule has 0 aliphatic carbocycles. The van der Waals surface area contributed by atoms with Crippen molar-refractivity contribution in [2.75, 3.05) is 5.32 Å². The Morgan fingerprint density at radius 1 is 0.964 bits per heavy atom. The first-order valence-electron chi connectivity index (χ1n) is 8.56. The zero-order valence-corrected chi connectivity index (χ0v) is 16.0. The second kappa shape index (κ2) is 8.33. The maximum absolute atomic E-state index is 14.1. The fourth-order valence-corrected chi connectivity index (χ4v) is 3.58. The molecule has 0 radical (unpaired) electrons. The van der Waals surface area contributed by atoms with Gasteiger partial charge in [-0.3, -0.25) is 4.79 Å². The fraction of sp³-hybridized carbons (Fsp3) is 0.0952. The van der Waals surface area contributed by atoms with E-state index < -0.39 is 21.7 Å². The first kappa shape index (κ1) is 19.7. The Balaban J connectivity index is 1.79. The summed E-state index contributed by atoms with van der Waals surface area (Å²) >= 11 is 0. The number of carbonyl (C=O) groups excluding carboxylic acids is 1. The van der Waals surface area contributed by atoms with E-state index in [2.05, 4.69) is 10.0 Å². The van der Waals surface area contributed by atoms with Gasteiger partial charge in [-0.15, -0.1) is 0 Å². The highest BCUT2D eigenvalue weighted by atomic mass is 32.2. The normalized spacial score (nSPS) is 11.2. The SMILES string of the molecule is Cc1ccc(NC(=O)c2cc(S(=O)(=O)NCc3ccccc3)ccc2F)cc1. The van der Waals surface area contributed by atoms with Crippen LogP contribution in [0.3, 0.4) is 0 Å². The molecule has 28 heavy (non-hydrogen) atoms. The van der Waals surface area contributed by atoms with Crippen LogP contribution in [-0.4, -0.2) is 14.3 Å². The van der Waals surface area contributed by atoms with Gasteiger partial charge in [0.15, 0.2) is 0 Å². The highest BCUT2D eigenvalue weighted by Gasteiger charge is 2.19. The summed E-state index contributed by atoms with van der Waals surface area (Å²) in [6, 6.07) is 19.1. The van der Waals surface area contributed by atoms with Crippen molar-refractivity contribution in [3.63, 3.8) is 0 Å². The molecule has 0 saturated heterocycles. The summed E-state index contributed by atoms with van der Waals surface area (Å²) in [6.45, 7) is 1.99. The molecule has 0 unspecified atom stereocenters. The third-order valence-electron chi connectivity index (χ3n) is 4.11. The summed E-state index contributed by atoms with van der Waals surface area (Å²) in [7, 11) is -3.91. The molecule has 3 aromatic carbocycles. The Bertz CT molecular complexity index is 1080. The Morgan fingerprint density at radius 2 is 1.64 bits per heavy atom. The summed E-state index contributed by atoms with van der Waals surface area (Å²) in [6.07, 6.45) is 0. The number of nitrogens with one attached hydrogen (secondary N) is 2. The number of rotatable bonds is 6. The van der Waals surface area contributed by atoms with Gasteiger partial charge in [0, 0.05) is 12.2 Å². The molecular formula is C21H19FN2O3S. The highest BCUT2D eigenvalue weighted by Crippen LogP contribution is 2.18. The molecule has 3 rings (SSSR count). The van der Waals surface area contributed by atoms with Crippen LogP contribution < -0.4 is 10.0 Å². The van der Waals surface area contributed by atoms with Crippen LogP contribution in [-0.2, 0) is 16.6 Å². The Kier molecular flexibility index (Phi) is 5.87. The van der Waals surface area contributed by atoms with Crippen molar-refractivity contribution in [2.24, 2.45) is 0 Å². The molecule has 3 aromatic rings. The Hall–Kier alpha value is -3.03. The predicted molar refractivity (Wildman–Crippen MR) is 106 cm³/mol. The Labute approximate surface area is 163 Å². The molecule has 144 valence electrons. The van der Waals surface area contributed by atoms with E-state index >= 15 is 0 Å². The lowest BCUT2D eigenvalue weighted by atomic mass is 10.2. The molecule has 0 aromatic heterocycles. The van der Waals surface area contributed by atoms with E-state index in [1.165, 1.54) is 0 Å². The van der Waals surface area contributed by atoms with Crippen molar-refractivity contribution in [2.45, 2.75) is 18.4 Å². The number of hydrogen-bond donors (Lipinski definition) is 2. The van der Waals surface area contributed by atoms with Crippen molar-refractivity contribution in [3.8, 4) is 0 Å². The lowest BCUT2D eigenvalue weighted by molar-refractivity contribution is 0.102. The number of sulfonamides is 1. The summed E-state index contributed by atoms with van der Waals surface area (Å²) in [4.78, 5) is 12.2. The number of halogens is 1. The van der Waals surface area contributed by atoms with E-state index in [4.69, 9.17) is 0 Å². The van der Waals surface area contributed by atoms with Crippen LogP contribution in [0.4, 0.5) is 10.1 Å². The maximum Gasteiger partial charge on any atom is 0.258 e. The van der Waals surface area contributed by atoms with Gasteiger partial charge in [-0.25, -0.2) is 17.5 Å². The molecule has 0 fully saturated rings. The van der Waals surface area contributed by atoms with Gasteiger partial charge < -0.3 is 5.32 Å². The maximum atomic E-state index is 14.1. The van der Waals surface area contributed by atoms with Crippen LogP contribution in [0.15, 0.2) is 77.7 Å². The van der Waals surface area contributed by atoms with Gasteiger partial charge in [-0.1, -0.05) is 48.0 Å². The first-order valence-corrected chi connectivity index (χ1v) is 10.0. The number of aryl methyl sites for hydroxylation is 1. The smallest absolute Gasteiger partial charge is 0.258 e. The van der Waals surface area contributed by atoms with E-state index in [0.29, 0.717) is 5.69 Å². The highest BCUT2D eigenvalue weighted by molar-refractivity contribution is 7.89. The summed E-state index contributed by atoms with van der Waals surface area (Å²) in [5.41, 5.74) is 1.95. The largest absolute Gasteiger partial charge is 0.322 e. The quantitative estimate of drug-likeness (QED) is 0.662. The lowest BCUT2D eigenvalue weighted by Gasteiger charge is -2.10. The molecule has 0 heterocycles. The molecule has 0 saturated carbocycles. The third kappa shape index (κ3) is 4.82. The Morgan fingerprint density at radius 3 is 2.32 bits per heavy atom. The minimum absolute atomic E-state index is 0.0887. The van der Waals surface area contributed by atoms with Crippen LogP contribution in [0.2, 0.25) is 0 Å². The fourth-order valence-electron chi connectivity index (χ4n) is 2.54. The molecule has 2 N–H and O–H groups in total. The van der Waals surface area contributed by atoms with Crippen LogP contribution in [0.25, 0.3) is 0 Å². The van der Waals surface area contributed by atoms with E-state index in [0.717, 1.165) is 29.3 Å². The van der Waals surface area contributed by atoms with E-state index in [9.17, 15) is 17.6 Å². The van der Waals surface area contributed by atoms with Crippen LogP contribution in [0.5, 0.6) is 0 Å². The van der Waals surface area contributed by atoms with Crippen molar-refractivity contribution >= 4 is 21.6 Å². The summed E-state index contributed by atoms with van der Waals surface area (Å²) in [5.74, 6) is -1.52. The van der Waals surface area contributed by atoms with Gasteiger partial charge in [0.1, 0.15) is 5.82 Å². The monoisotopic (exact) mass is 398 g/mol. The van der Waals surface area contributed by atoms with Gasteiger partial charge >= 0.3 is 0 Å². The van der Waals surface area contributed by atoms with Gasteiger partial charge in [0.25, 0.3) is 5.91 Å². The number of benzene rings is 3. The molecule has 0 aliphatic heterocycles. The molecule has 1 amide bonds. The van der Waals surface area contributed by atoms with E-state index in [1.54, 1.807) is 48.5 Å². The van der Waals surface area contributed by atoms with Crippen LogP contribution >= 0.6 is 0 Å². The lowest BCUT2D eigenvalue weighted by Crippen LogP contribution is -2.24. The van der Waals surface area contributed by atoms with Crippen molar-refractivity contribution in [1.82, 2.24) is 4.72 Å². The third-order valence-corrected chi connectivity index (χ3v) is 5.51. The van der Waals surface area contributed by atoms with E-state index in [1.807, 2.05) is 13.0 Å². The number of amides is 1. The van der Waals surface area contributed by atoms with Crippen molar-refractivity contribution in [3.05, 3.63) is 95.3 Å². The van der Waals surface area contributed by atoms with E-state index in [-0.39, 0.29) is 17.0 Å². The minimum atomic E-state index is -3.91. The van der Waals surface area contributed by atoms with Gasteiger partial charge in [-0.05, 0) is 42.8 Å². The first-order chi connectivity index (χ1) is 13.3. The predicted octanol–water partition coefficient (Wildman–Crippen LogP) is 3.86. The molecule has 0 aliphatic rings. The van der Waals surface area contributed by atoms with Gasteiger partial charge in [0.05, 0.1) is 10.5 Å². The van der Waals surface area contributed by atoms with Gasteiger partial charge in [0.2, 0.25) is 10.0 Å². The summed E-state index contributed by atoms with van der Waals surface area (Å²) in [5, 5.41) is 2.57. The molecule has 0 atom stereocenters. The molecular weight excluding hydrogens is 379 g/mol. The number of hydrogen-bond acceptors (Lipinski definition) is 3. The topological polar surface area (TPSA) is 75.3 Å². The van der Waals surface area contributed by atoms with Crippen LogP contribution in [0.1, 0.15) is 21.5 Å². The molecule has 7 heteroatoms. The zero-order chi connectivity index (χ0) is 20.1. The average Bonchev–Trinajstić information content (AvgIpc) is 2.69. The summed E-state index contributed by atoms with van der Waals surface area (Å²) < 4.78 is 41.6. The number of anilines is 1. The number of carbonyl (C=O) groups is 1. The van der Waals surface area contributed by atoms with Crippen LogP contribution in [0, 0.1) is 12.7 Å².